The lowest BCUT2D eigenvalue weighted by molar-refractivity contribution is -0.123. The van der Waals surface area contributed by atoms with Gasteiger partial charge in [0.1, 0.15) is 5.75 Å². The molecule has 0 atom stereocenters. The maximum absolute atomic E-state index is 12.1. The molecule has 0 fully saturated rings. The number of carbonyl (C=O) groups is 1. The number of unbranched alkanes of at least 4 members (excludes halogenated alkanes) is 1. The summed E-state index contributed by atoms with van der Waals surface area (Å²) in [6.07, 6.45) is 2.08. The third kappa shape index (κ3) is 6.85. The van der Waals surface area contributed by atoms with Crippen molar-refractivity contribution in [1.82, 2.24) is 5.32 Å². The van der Waals surface area contributed by atoms with Crippen LogP contribution in [0.5, 0.6) is 17.2 Å². The van der Waals surface area contributed by atoms with E-state index in [0.29, 0.717) is 24.7 Å². The molecule has 146 valence electrons. The van der Waals surface area contributed by atoms with Crippen LogP contribution in [0.4, 0.5) is 0 Å². The van der Waals surface area contributed by atoms with Gasteiger partial charge in [0.2, 0.25) is 0 Å². The lowest BCUT2D eigenvalue weighted by atomic mass is 10.1. The summed E-state index contributed by atoms with van der Waals surface area (Å²) in [5, 5.41) is 2.86. The Labute approximate surface area is 161 Å². The van der Waals surface area contributed by atoms with Gasteiger partial charge in [0.25, 0.3) is 5.91 Å². The Kier molecular flexibility index (Phi) is 7.99. The molecule has 0 aromatic heterocycles. The summed E-state index contributed by atoms with van der Waals surface area (Å²) in [6, 6.07) is 11.6. The van der Waals surface area contributed by atoms with Gasteiger partial charge in [-0.25, -0.2) is 0 Å². The standard InChI is InChI=1S/C22H29NO4/c1-5-6-9-26-20-8-7-18(13-21(20)25-4)14-23-22(24)15-27-19-11-16(2)10-17(3)12-19/h7-8,10-13H,5-6,9,14-15H2,1-4H3,(H,23,24). The summed E-state index contributed by atoms with van der Waals surface area (Å²) in [4.78, 5) is 12.1. The van der Waals surface area contributed by atoms with E-state index in [9.17, 15) is 4.79 Å². The largest absolute Gasteiger partial charge is 0.493 e. The zero-order valence-electron chi connectivity index (χ0n) is 16.6. The SMILES string of the molecule is CCCCOc1ccc(CNC(=O)COc2cc(C)cc(C)c2)cc1OC. The van der Waals surface area contributed by atoms with E-state index in [1.54, 1.807) is 7.11 Å². The summed E-state index contributed by atoms with van der Waals surface area (Å²) < 4.78 is 16.7. The quantitative estimate of drug-likeness (QED) is 0.637. The Hall–Kier alpha value is -2.69. The molecule has 0 heterocycles. The van der Waals surface area contributed by atoms with E-state index in [-0.39, 0.29) is 12.5 Å². The van der Waals surface area contributed by atoms with Gasteiger partial charge in [0, 0.05) is 6.54 Å². The van der Waals surface area contributed by atoms with Crippen LogP contribution in [0.2, 0.25) is 0 Å². The fourth-order valence-corrected chi connectivity index (χ4v) is 2.68. The molecule has 0 bridgehead atoms. The van der Waals surface area contributed by atoms with Crippen molar-refractivity contribution >= 4 is 5.91 Å². The third-order valence-corrected chi connectivity index (χ3v) is 4.04. The molecule has 2 aromatic rings. The molecule has 1 N–H and O–H groups in total. The van der Waals surface area contributed by atoms with E-state index in [4.69, 9.17) is 14.2 Å². The lowest BCUT2D eigenvalue weighted by Crippen LogP contribution is -2.28. The summed E-state index contributed by atoms with van der Waals surface area (Å²) in [5.41, 5.74) is 3.16. The normalized spacial score (nSPS) is 10.4. The highest BCUT2D eigenvalue weighted by atomic mass is 16.5. The van der Waals surface area contributed by atoms with E-state index in [2.05, 4.69) is 18.3 Å². The van der Waals surface area contributed by atoms with Crippen LogP contribution in [-0.4, -0.2) is 26.2 Å². The highest BCUT2D eigenvalue weighted by molar-refractivity contribution is 5.77. The predicted octanol–water partition coefficient (Wildman–Crippen LogP) is 4.19. The number of amides is 1. The minimum absolute atomic E-state index is 0.0156. The van der Waals surface area contributed by atoms with Crippen molar-refractivity contribution in [3.63, 3.8) is 0 Å². The lowest BCUT2D eigenvalue weighted by Gasteiger charge is -2.13. The molecule has 0 saturated carbocycles. The fraction of sp³-hybridized carbons (Fsp3) is 0.409. The number of hydrogen-bond donors (Lipinski definition) is 1. The Balaban J connectivity index is 1.85. The monoisotopic (exact) mass is 371 g/mol. The Morgan fingerprint density at radius 2 is 1.74 bits per heavy atom. The number of hydrogen-bond acceptors (Lipinski definition) is 4. The van der Waals surface area contributed by atoms with Crippen LogP contribution in [0, 0.1) is 13.8 Å². The zero-order valence-corrected chi connectivity index (χ0v) is 16.6. The number of methoxy groups -OCH3 is 1. The molecule has 0 aliphatic rings. The van der Waals surface area contributed by atoms with Gasteiger partial charge < -0.3 is 19.5 Å². The number of ether oxygens (including phenoxy) is 3. The highest BCUT2D eigenvalue weighted by Crippen LogP contribution is 2.28. The number of carbonyl (C=O) groups excluding carboxylic acids is 1. The average Bonchev–Trinajstić information content (AvgIpc) is 2.64. The van der Waals surface area contributed by atoms with Gasteiger partial charge in [-0.3, -0.25) is 4.79 Å². The molecule has 0 aliphatic heterocycles. The smallest absolute Gasteiger partial charge is 0.258 e. The maximum atomic E-state index is 12.1. The first-order valence-corrected chi connectivity index (χ1v) is 9.29. The van der Waals surface area contributed by atoms with Gasteiger partial charge in [-0.2, -0.15) is 0 Å². The highest BCUT2D eigenvalue weighted by Gasteiger charge is 2.08. The number of aryl methyl sites for hydroxylation is 2. The van der Waals surface area contributed by atoms with Crippen molar-refractivity contribution in [1.29, 1.82) is 0 Å². The Morgan fingerprint density at radius 1 is 1.00 bits per heavy atom. The van der Waals surface area contributed by atoms with Crippen molar-refractivity contribution in [3.8, 4) is 17.2 Å². The topological polar surface area (TPSA) is 56.8 Å². The molecule has 0 aliphatic carbocycles. The molecule has 0 radical (unpaired) electrons. The molecule has 5 heteroatoms. The van der Waals surface area contributed by atoms with Crippen LogP contribution in [-0.2, 0) is 11.3 Å². The van der Waals surface area contributed by atoms with Crippen LogP contribution in [0.15, 0.2) is 36.4 Å². The summed E-state index contributed by atoms with van der Waals surface area (Å²) in [6.45, 7) is 7.18. The summed E-state index contributed by atoms with van der Waals surface area (Å²) >= 11 is 0. The second kappa shape index (κ2) is 10.5. The van der Waals surface area contributed by atoms with Gasteiger partial charge in [-0.15, -0.1) is 0 Å². The summed E-state index contributed by atoms with van der Waals surface area (Å²) in [7, 11) is 1.61. The molecule has 27 heavy (non-hydrogen) atoms. The number of benzene rings is 2. The first kappa shape index (κ1) is 20.6. The van der Waals surface area contributed by atoms with E-state index >= 15 is 0 Å². The minimum Gasteiger partial charge on any atom is -0.493 e. The first-order chi connectivity index (χ1) is 13.0. The van der Waals surface area contributed by atoms with E-state index in [1.165, 1.54) is 0 Å². The van der Waals surface area contributed by atoms with Gasteiger partial charge in [0.05, 0.1) is 13.7 Å². The molecule has 5 nitrogen and oxygen atoms in total. The molecule has 0 spiro atoms. The predicted molar refractivity (Wildman–Crippen MR) is 107 cm³/mol. The molecule has 0 saturated heterocycles. The van der Waals surface area contributed by atoms with Gasteiger partial charge in [-0.05, 0) is 61.2 Å². The summed E-state index contributed by atoms with van der Waals surface area (Å²) in [5.74, 6) is 1.93. The van der Waals surface area contributed by atoms with Crippen LogP contribution < -0.4 is 19.5 Å². The van der Waals surface area contributed by atoms with Crippen LogP contribution >= 0.6 is 0 Å². The van der Waals surface area contributed by atoms with Crippen molar-refractivity contribution in [2.45, 2.75) is 40.2 Å². The van der Waals surface area contributed by atoms with Gasteiger partial charge in [0.15, 0.2) is 18.1 Å². The number of nitrogens with one attached hydrogen (secondary N) is 1. The second-order valence-corrected chi connectivity index (χ2v) is 6.58. The second-order valence-electron chi connectivity index (χ2n) is 6.58. The van der Waals surface area contributed by atoms with E-state index < -0.39 is 0 Å². The van der Waals surface area contributed by atoms with E-state index in [1.807, 2.05) is 44.2 Å². The van der Waals surface area contributed by atoms with Crippen molar-refractivity contribution in [2.75, 3.05) is 20.3 Å². The molecular formula is C22H29NO4. The average molecular weight is 371 g/mol. The molecule has 1 amide bonds. The van der Waals surface area contributed by atoms with Crippen molar-refractivity contribution in [2.24, 2.45) is 0 Å². The molecule has 0 unspecified atom stereocenters. The zero-order chi connectivity index (χ0) is 19.6. The maximum Gasteiger partial charge on any atom is 0.258 e. The molecule has 2 aromatic carbocycles. The van der Waals surface area contributed by atoms with Crippen molar-refractivity contribution in [3.05, 3.63) is 53.1 Å². The van der Waals surface area contributed by atoms with Crippen LogP contribution in [0.3, 0.4) is 0 Å². The van der Waals surface area contributed by atoms with E-state index in [0.717, 1.165) is 35.3 Å². The van der Waals surface area contributed by atoms with Crippen molar-refractivity contribution < 1.29 is 19.0 Å². The van der Waals surface area contributed by atoms with Crippen LogP contribution in [0.1, 0.15) is 36.5 Å². The van der Waals surface area contributed by atoms with Gasteiger partial charge >= 0.3 is 0 Å². The molecule has 2 rings (SSSR count). The van der Waals surface area contributed by atoms with Crippen LogP contribution in [0.25, 0.3) is 0 Å². The number of rotatable bonds is 10. The third-order valence-electron chi connectivity index (χ3n) is 4.04. The van der Waals surface area contributed by atoms with Gasteiger partial charge in [-0.1, -0.05) is 25.5 Å². The molecular weight excluding hydrogens is 342 g/mol. The Bertz CT molecular complexity index is 738. The first-order valence-electron chi connectivity index (χ1n) is 9.29. The minimum atomic E-state index is -0.170. The fourth-order valence-electron chi connectivity index (χ4n) is 2.68. The Morgan fingerprint density at radius 3 is 2.41 bits per heavy atom.